The van der Waals surface area contributed by atoms with Crippen LogP contribution in [0.25, 0.3) is 0 Å². The maximum absolute atomic E-state index is 14.0. The van der Waals surface area contributed by atoms with E-state index in [1.54, 1.807) is 0 Å². The van der Waals surface area contributed by atoms with E-state index in [9.17, 15) is 22.0 Å². The third kappa shape index (κ3) is 3.55. The number of carbonyl (C=O) groups excluding carboxylic acids is 1. The lowest BCUT2D eigenvalue weighted by atomic mass is 9.96. The third-order valence-electron chi connectivity index (χ3n) is 5.78. The summed E-state index contributed by atoms with van der Waals surface area (Å²) in [6, 6.07) is 8.38. The van der Waals surface area contributed by atoms with Crippen LogP contribution in [-0.4, -0.2) is 38.3 Å². The second-order valence-corrected chi connectivity index (χ2v) is 9.48. The number of amides is 1. The highest BCUT2D eigenvalue weighted by molar-refractivity contribution is 7.89. The lowest BCUT2D eigenvalue weighted by Gasteiger charge is -2.33. The molecule has 0 bridgehead atoms. The van der Waals surface area contributed by atoms with Crippen molar-refractivity contribution in [1.29, 1.82) is 0 Å². The first-order chi connectivity index (χ1) is 13.8. The van der Waals surface area contributed by atoms with Gasteiger partial charge in [0.1, 0.15) is 16.5 Å². The molecule has 2 aromatic rings. The fraction of sp³-hybridized carbons (Fsp3) is 0.381. The van der Waals surface area contributed by atoms with Crippen LogP contribution in [0.4, 0.5) is 14.5 Å². The van der Waals surface area contributed by atoms with Crippen LogP contribution in [0.5, 0.6) is 0 Å². The van der Waals surface area contributed by atoms with Crippen LogP contribution in [0.2, 0.25) is 0 Å². The summed E-state index contributed by atoms with van der Waals surface area (Å²) in [7, 11) is -4.15. The molecule has 0 atom stereocenters. The smallest absolute Gasteiger partial charge is 0.246 e. The molecule has 0 radical (unpaired) electrons. The largest absolute Gasteiger partial charge is 0.311 e. The number of rotatable bonds is 3. The van der Waals surface area contributed by atoms with Crippen LogP contribution < -0.4 is 4.90 Å². The molecule has 0 unspecified atom stereocenters. The van der Waals surface area contributed by atoms with Gasteiger partial charge >= 0.3 is 0 Å². The van der Waals surface area contributed by atoms with Gasteiger partial charge in [-0.25, -0.2) is 17.2 Å². The van der Waals surface area contributed by atoms with Gasteiger partial charge in [0, 0.05) is 31.2 Å². The number of nitrogens with zero attached hydrogens (tertiary/aromatic N) is 2. The number of carbonyl (C=O) groups is 1. The van der Waals surface area contributed by atoms with E-state index in [4.69, 9.17) is 0 Å². The molecule has 4 rings (SSSR count). The molecular formula is C21H22F2N2O3S. The first-order valence-electron chi connectivity index (χ1n) is 9.64. The summed E-state index contributed by atoms with van der Waals surface area (Å²) in [6.07, 6.45) is 1.52. The van der Waals surface area contributed by atoms with Gasteiger partial charge in [0.2, 0.25) is 15.9 Å². The molecule has 2 aliphatic heterocycles. The highest BCUT2D eigenvalue weighted by Crippen LogP contribution is 2.34. The molecule has 29 heavy (non-hydrogen) atoms. The Bertz CT molecular complexity index is 1060. The van der Waals surface area contributed by atoms with Crippen molar-refractivity contribution >= 4 is 21.6 Å². The summed E-state index contributed by atoms with van der Waals surface area (Å²) < 4.78 is 54.0. The van der Waals surface area contributed by atoms with E-state index in [-0.39, 0.29) is 24.9 Å². The SMILES string of the molecule is Cc1cccc2c1N(C(=O)C1CCN(S(=O)(=O)c3cc(F)ccc3F)CC1)CC2. The molecule has 1 saturated heterocycles. The van der Waals surface area contributed by atoms with E-state index in [1.807, 2.05) is 30.0 Å². The molecule has 8 heteroatoms. The van der Waals surface area contributed by atoms with Crippen LogP contribution in [0, 0.1) is 24.5 Å². The summed E-state index contributed by atoms with van der Waals surface area (Å²) in [5.41, 5.74) is 3.17. The van der Waals surface area contributed by atoms with Crippen LogP contribution in [-0.2, 0) is 21.2 Å². The van der Waals surface area contributed by atoms with Crippen LogP contribution in [0.3, 0.4) is 0 Å². The normalized spacial score (nSPS) is 18.1. The topological polar surface area (TPSA) is 57.7 Å². The maximum atomic E-state index is 14.0. The first kappa shape index (κ1) is 20.0. The van der Waals surface area contributed by atoms with Crippen molar-refractivity contribution < 1.29 is 22.0 Å². The molecule has 0 saturated carbocycles. The molecule has 0 spiro atoms. The lowest BCUT2D eigenvalue weighted by Crippen LogP contribution is -2.44. The van der Waals surface area contributed by atoms with Crippen molar-refractivity contribution in [3.8, 4) is 0 Å². The van der Waals surface area contributed by atoms with Crippen LogP contribution in [0.15, 0.2) is 41.3 Å². The number of piperidine rings is 1. The minimum absolute atomic E-state index is 0.00651. The third-order valence-corrected chi connectivity index (χ3v) is 7.69. The Morgan fingerprint density at radius 1 is 1.07 bits per heavy atom. The van der Waals surface area contributed by atoms with Gasteiger partial charge in [-0.1, -0.05) is 18.2 Å². The summed E-state index contributed by atoms with van der Waals surface area (Å²) in [4.78, 5) is 14.2. The predicted molar refractivity (Wildman–Crippen MR) is 105 cm³/mol. The van der Waals surface area contributed by atoms with E-state index >= 15 is 0 Å². The zero-order valence-electron chi connectivity index (χ0n) is 16.1. The fourth-order valence-electron chi connectivity index (χ4n) is 4.25. The zero-order chi connectivity index (χ0) is 20.8. The number of halogens is 2. The number of fused-ring (bicyclic) bond motifs is 1. The number of aryl methyl sites for hydroxylation is 1. The zero-order valence-corrected chi connectivity index (χ0v) is 16.9. The van der Waals surface area contributed by atoms with Gasteiger partial charge in [-0.05, 0) is 55.5 Å². The van der Waals surface area contributed by atoms with Crippen molar-refractivity contribution in [1.82, 2.24) is 4.31 Å². The van der Waals surface area contributed by atoms with Crippen molar-refractivity contribution in [3.63, 3.8) is 0 Å². The van der Waals surface area contributed by atoms with Crippen molar-refractivity contribution in [3.05, 3.63) is 59.2 Å². The highest BCUT2D eigenvalue weighted by Gasteiger charge is 2.37. The van der Waals surface area contributed by atoms with Crippen LogP contribution in [0.1, 0.15) is 24.0 Å². The van der Waals surface area contributed by atoms with Gasteiger partial charge in [-0.15, -0.1) is 0 Å². The highest BCUT2D eigenvalue weighted by atomic mass is 32.2. The van der Waals surface area contributed by atoms with E-state index in [1.165, 1.54) is 0 Å². The molecule has 1 fully saturated rings. The van der Waals surface area contributed by atoms with E-state index in [2.05, 4.69) is 0 Å². The molecule has 1 amide bonds. The molecule has 0 aliphatic carbocycles. The Morgan fingerprint density at radius 2 is 1.79 bits per heavy atom. The average molecular weight is 420 g/mol. The van der Waals surface area contributed by atoms with Gasteiger partial charge < -0.3 is 4.90 Å². The minimum Gasteiger partial charge on any atom is -0.311 e. The molecular weight excluding hydrogens is 398 g/mol. The second kappa shape index (κ2) is 7.50. The Balaban J connectivity index is 1.48. The summed E-state index contributed by atoms with van der Waals surface area (Å²) in [6.45, 7) is 2.81. The van der Waals surface area contributed by atoms with Gasteiger partial charge in [-0.3, -0.25) is 4.79 Å². The summed E-state index contributed by atoms with van der Waals surface area (Å²) in [5, 5.41) is 0. The van der Waals surface area contributed by atoms with Gasteiger partial charge in [0.15, 0.2) is 0 Å². The monoisotopic (exact) mass is 420 g/mol. The molecule has 5 nitrogen and oxygen atoms in total. The number of sulfonamides is 1. The standard InChI is InChI=1S/C21H22F2N2O3S/c1-14-3-2-4-15-9-12-25(20(14)15)21(26)16-7-10-24(11-8-16)29(27,28)19-13-17(22)5-6-18(19)23/h2-6,13,16H,7-12H2,1H3. The first-order valence-corrected chi connectivity index (χ1v) is 11.1. The Morgan fingerprint density at radius 3 is 2.52 bits per heavy atom. The number of hydrogen-bond donors (Lipinski definition) is 0. The quantitative estimate of drug-likeness (QED) is 0.766. The number of hydrogen-bond acceptors (Lipinski definition) is 3. The number of benzene rings is 2. The van der Waals surface area contributed by atoms with Crippen LogP contribution >= 0.6 is 0 Å². The molecule has 2 aromatic carbocycles. The second-order valence-electron chi connectivity index (χ2n) is 7.58. The van der Waals surface area contributed by atoms with E-state index in [0.29, 0.717) is 25.5 Å². The molecule has 0 N–H and O–H groups in total. The van der Waals surface area contributed by atoms with Crippen molar-refractivity contribution in [2.24, 2.45) is 5.92 Å². The number of anilines is 1. The Kier molecular flexibility index (Phi) is 5.16. The molecule has 0 aromatic heterocycles. The predicted octanol–water partition coefficient (Wildman–Crippen LogP) is 3.26. The van der Waals surface area contributed by atoms with Gasteiger partial charge in [0.25, 0.3) is 0 Å². The van der Waals surface area contributed by atoms with Crippen molar-refractivity contribution in [2.45, 2.75) is 31.1 Å². The summed E-state index contributed by atoms with van der Waals surface area (Å²) >= 11 is 0. The minimum atomic E-state index is -4.15. The van der Waals surface area contributed by atoms with E-state index < -0.39 is 26.6 Å². The van der Waals surface area contributed by atoms with E-state index in [0.717, 1.165) is 39.7 Å². The summed E-state index contributed by atoms with van der Waals surface area (Å²) in [5.74, 6) is -2.07. The number of para-hydroxylation sites is 1. The maximum Gasteiger partial charge on any atom is 0.246 e. The molecule has 154 valence electrons. The lowest BCUT2D eigenvalue weighted by molar-refractivity contribution is -0.123. The average Bonchev–Trinajstić information content (AvgIpc) is 3.15. The molecule has 2 aliphatic rings. The van der Waals surface area contributed by atoms with Crippen molar-refractivity contribution in [2.75, 3.05) is 24.5 Å². The van der Waals surface area contributed by atoms with Gasteiger partial charge in [0.05, 0.1) is 0 Å². The Labute approximate surface area is 169 Å². The molecule has 2 heterocycles. The fourth-order valence-corrected chi connectivity index (χ4v) is 5.80. The van der Waals surface area contributed by atoms with Gasteiger partial charge in [-0.2, -0.15) is 4.31 Å². The Hall–Kier alpha value is -2.32.